The van der Waals surface area contributed by atoms with E-state index in [1.54, 1.807) is 24.1 Å². The fraction of sp³-hybridized carbons (Fsp3) is 0.240. The SMILES string of the molecule is CNSCC(CC=O)c1ccc(OC2COc3c(Oc4ccc(C#N)nc4)cccc32)cc1. The molecular formula is C25H23N3O4S. The summed E-state index contributed by atoms with van der Waals surface area (Å²) in [5.41, 5.74) is 2.34. The van der Waals surface area contributed by atoms with Crippen LogP contribution >= 0.6 is 11.9 Å². The van der Waals surface area contributed by atoms with E-state index in [9.17, 15) is 4.79 Å². The quantitative estimate of drug-likeness (QED) is 0.340. The molecule has 1 aromatic heterocycles. The summed E-state index contributed by atoms with van der Waals surface area (Å²) in [6.45, 7) is 0.371. The monoisotopic (exact) mass is 461 g/mol. The number of carbonyl (C=O) groups is 1. The lowest BCUT2D eigenvalue weighted by atomic mass is 9.98. The van der Waals surface area contributed by atoms with Crippen molar-refractivity contribution in [2.75, 3.05) is 19.4 Å². The predicted molar refractivity (Wildman–Crippen MR) is 126 cm³/mol. The summed E-state index contributed by atoms with van der Waals surface area (Å²) in [7, 11) is 1.87. The summed E-state index contributed by atoms with van der Waals surface area (Å²) in [4.78, 5) is 15.1. The number of nitrogens with zero attached hydrogens (tertiary/aromatic N) is 2. The van der Waals surface area contributed by atoms with Crippen molar-refractivity contribution >= 4 is 18.2 Å². The summed E-state index contributed by atoms with van der Waals surface area (Å²) in [6, 6.07) is 18.8. The number of pyridine rings is 1. The van der Waals surface area contributed by atoms with Crippen LogP contribution in [0.25, 0.3) is 0 Å². The summed E-state index contributed by atoms with van der Waals surface area (Å²) in [5.74, 6) is 3.43. The molecule has 0 fully saturated rings. The van der Waals surface area contributed by atoms with Gasteiger partial charge >= 0.3 is 0 Å². The number of benzene rings is 2. The van der Waals surface area contributed by atoms with Gasteiger partial charge in [0.05, 0.1) is 6.20 Å². The van der Waals surface area contributed by atoms with Crippen LogP contribution < -0.4 is 18.9 Å². The van der Waals surface area contributed by atoms with Crippen molar-refractivity contribution in [2.45, 2.75) is 18.4 Å². The molecule has 2 heterocycles. The number of rotatable bonds is 10. The van der Waals surface area contributed by atoms with Gasteiger partial charge in [0, 0.05) is 23.7 Å². The number of hydrogen-bond donors (Lipinski definition) is 1. The normalized spacial score (nSPS) is 15.1. The Bertz CT molecular complexity index is 1130. The Hall–Kier alpha value is -3.54. The first-order valence-corrected chi connectivity index (χ1v) is 11.5. The Morgan fingerprint density at radius 3 is 2.76 bits per heavy atom. The smallest absolute Gasteiger partial charge is 0.169 e. The highest BCUT2D eigenvalue weighted by atomic mass is 32.2. The van der Waals surface area contributed by atoms with E-state index >= 15 is 0 Å². The minimum Gasteiger partial charge on any atom is -0.485 e. The van der Waals surface area contributed by atoms with Crippen molar-refractivity contribution in [2.24, 2.45) is 0 Å². The highest BCUT2D eigenvalue weighted by Gasteiger charge is 2.29. The van der Waals surface area contributed by atoms with Gasteiger partial charge in [-0.2, -0.15) is 5.26 Å². The van der Waals surface area contributed by atoms with Crippen LogP contribution in [0.3, 0.4) is 0 Å². The molecule has 0 saturated carbocycles. The molecule has 4 rings (SSSR count). The summed E-state index contributed by atoms with van der Waals surface area (Å²) in [6.07, 6.45) is 2.69. The number of para-hydroxylation sites is 1. The van der Waals surface area contributed by atoms with E-state index in [0.717, 1.165) is 28.9 Å². The minimum atomic E-state index is -0.265. The van der Waals surface area contributed by atoms with Crippen LogP contribution in [-0.4, -0.2) is 30.7 Å². The third-order valence-electron chi connectivity index (χ3n) is 5.25. The molecule has 1 aliphatic heterocycles. The van der Waals surface area contributed by atoms with Crippen LogP contribution in [0.5, 0.6) is 23.0 Å². The maximum Gasteiger partial charge on any atom is 0.169 e. The Kier molecular flexibility index (Phi) is 7.45. The molecule has 7 nitrogen and oxygen atoms in total. The Labute approximate surface area is 196 Å². The zero-order valence-electron chi connectivity index (χ0n) is 18.1. The molecule has 2 unspecified atom stereocenters. The molecule has 0 bridgehead atoms. The molecule has 0 amide bonds. The first-order valence-electron chi connectivity index (χ1n) is 10.5. The second-order valence-corrected chi connectivity index (χ2v) is 8.40. The number of fused-ring (bicyclic) bond motifs is 1. The Morgan fingerprint density at radius 2 is 2.06 bits per heavy atom. The molecule has 0 radical (unpaired) electrons. The van der Waals surface area contributed by atoms with Crippen LogP contribution in [-0.2, 0) is 4.79 Å². The molecule has 1 N–H and O–H groups in total. The zero-order valence-corrected chi connectivity index (χ0v) is 18.9. The van der Waals surface area contributed by atoms with Gasteiger partial charge in [0.15, 0.2) is 17.6 Å². The fourth-order valence-electron chi connectivity index (χ4n) is 3.58. The van der Waals surface area contributed by atoms with Crippen molar-refractivity contribution in [3.63, 3.8) is 0 Å². The first-order chi connectivity index (χ1) is 16.2. The van der Waals surface area contributed by atoms with Crippen LogP contribution in [0.4, 0.5) is 0 Å². The van der Waals surface area contributed by atoms with Crippen LogP contribution in [0.2, 0.25) is 0 Å². The van der Waals surface area contributed by atoms with Crippen molar-refractivity contribution in [1.29, 1.82) is 5.26 Å². The lowest BCUT2D eigenvalue weighted by molar-refractivity contribution is -0.108. The average Bonchev–Trinajstić information content (AvgIpc) is 3.26. The third kappa shape index (κ3) is 5.45. The minimum absolute atomic E-state index is 0.154. The highest BCUT2D eigenvalue weighted by molar-refractivity contribution is 7.97. The number of aldehydes is 1. The molecule has 3 aromatic rings. The predicted octanol–water partition coefficient (Wildman–Crippen LogP) is 4.80. The molecule has 2 aromatic carbocycles. The maximum atomic E-state index is 11.0. The van der Waals surface area contributed by atoms with Gasteiger partial charge in [-0.3, -0.25) is 4.72 Å². The van der Waals surface area contributed by atoms with Gasteiger partial charge in [-0.1, -0.05) is 36.2 Å². The fourth-order valence-corrected chi connectivity index (χ4v) is 4.28. The van der Waals surface area contributed by atoms with Gasteiger partial charge in [-0.05, 0) is 42.9 Å². The van der Waals surface area contributed by atoms with E-state index in [0.29, 0.717) is 36.0 Å². The first kappa shape index (κ1) is 22.6. The van der Waals surface area contributed by atoms with Gasteiger partial charge in [0.25, 0.3) is 0 Å². The third-order valence-corrected chi connectivity index (χ3v) is 6.11. The maximum absolute atomic E-state index is 11.0. The second-order valence-electron chi connectivity index (χ2n) is 7.37. The summed E-state index contributed by atoms with van der Waals surface area (Å²) >= 11 is 1.59. The molecular weight excluding hydrogens is 438 g/mol. The van der Waals surface area contributed by atoms with Crippen molar-refractivity contribution < 1.29 is 19.0 Å². The average molecular weight is 462 g/mol. The molecule has 0 aliphatic carbocycles. The van der Waals surface area contributed by atoms with Gasteiger partial charge in [0.2, 0.25) is 0 Å². The summed E-state index contributed by atoms with van der Waals surface area (Å²) < 4.78 is 21.1. The van der Waals surface area contributed by atoms with E-state index in [1.165, 1.54) is 6.20 Å². The second kappa shape index (κ2) is 10.9. The van der Waals surface area contributed by atoms with Gasteiger partial charge in [-0.15, -0.1) is 0 Å². The van der Waals surface area contributed by atoms with Crippen molar-refractivity contribution in [1.82, 2.24) is 9.71 Å². The molecule has 168 valence electrons. The van der Waals surface area contributed by atoms with Crippen LogP contribution in [0.15, 0.2) is 60.8 Å². The van der Waals surface area contributed by atoms with Crippen LogP contribution in [0, 0.1) is 11.3 Å². The molecule has 33 heavy (non-hydrogen) atoms. The number of carbonyl (C=O) groups excluding carboxylic acids is 1. The highest BCUT2D eigenvalue weighted by Crippen LogP contribution is 2.43. The van der Waals surface area contributed by atoms with E-state index in [1.807, 2.05) is 55.6 Å². The lowest BCUT2D eigenvalue weighted by Gasteiger charge is -2.16. The topological polar surface area (TPSA) is 93.5 Å². The standard InChI is InChI=1S/C25H23N3O4S/c1-27-33-16-18(11-12-29)17-5-8-20(9-6-17)31-24-15-30-25-22(24)3-2-4-23(25)32-21-10-7-19(13-26)28-14-21/h2-10,12,14,18,24,27H,11,15-16H2,1H3. The number of nitriles is 1. The number of ether oxygens (including phenoxy) is 3. The van der Waals surface area contributed by atoms with Crippen molar-refractivity contribution in [3.05, 3.63) is 77.6 Å². The van der Waals surface area contributed by atoms with Gasteiger partial charge in [0.1, 0.15) is 36.2 Å². The van der Waals surface area contributed by atoms with E-state index in [-0.39, 0.29) is 12.0 Å². The lowest BCUT2D eigenvalue weighted by Crippen LogP contribution is -2.09. The Balaban J connectivity index is 1.45. The Morgan fingerprint density at radius 1 is 1.24 bits per heavy atom. The molecule has 8 heteroatoms. The molecule has 0 spiro atoms. The van der Waals surface area contributed by atoms with Crippen molar-refractivity contribution in [3.8, 4) is 29.1 Å². The summed E-state index contributed by atoms with van der Waals surface area (Å²) in [5, 5.41) is 8.89. The van der Waals surface area contributed by atoms with Gasteiger partial charge < -0.3 is 19.0 Å². The number of aromatic nitrogens is 1. The zero-order chi connectivity index (χ0) is 23.0. The van der Waals surface area contributed by atoms with E-state index < -0.39 is 0 Å². The van der Waals surface area contributed by atoms with Gasteiger partial charge in [-0.25, -0.2) is 4.98 Å². The van der Waals surface area contributed by atoms with Crippen LogP contribution in [0.1, 0.15) is 35.3 Å². The van der Waals surface area contributed by atoms with E-state index in [4.69, 9.17) is 19.5 Å². The number of hydrogen-bond acceptors (Lipinski definition) is 8. The molecule has 0 saturated heterocycles. The number of nitrogens with one attached hydrogen (secondary N) is 1. The molecule has 1 aliphatic rings. The molecule has 2 atom stereocenters. The largest absolute Gasteiger partial charge is 0.485 e. The van der Waals surface area contributed by atoms with E-state index in [2.05, 4.69) is 9.71 Å².